The van der Waals surface area contributed by atoms with Crippen LogP contribution in [-0.2, 0) is 0 Å². The van der Waals surface area contributed by atoms with Crippen molar-refractivity contribution < 1.29 is 0 Å². The van der Waals surface area contributed by atoms with Crippen LogP contribution >= 0.6 is 0 Å². The fourth-order valence-electron chi connectivity index (χ4n) is 6.09. The fourth-order valence-corrected chi connectivity index (χ4v) is 6.09. The molecule has 0 saturated carbocycles. The van der Waals surface area contributed by atoms with Gasteiger partial charge in [0.25, 0.3) is 0 Å². The zero-order valence-corrected chi connectivity index (χ0v) is 26.9. The normalized spacial score (nSPS) is 14.3. The molecule has 228 valence electrons. The molecule has 47 heavy (non-hydrogen) atoms. The van der Waals surface area contributed by atoms with Crippen LogP contribution in [0.5, 0.6) is 0 Å². The Morgan fingerprint density at radius 3 is 2.28 bits per heavy atom. The number of aliphatic imine (C=N–C) groups is 1. The van der Waals surface area contributed by atoms with E-state index in [4.69, 9.17) is 15.4 Å². The van der Waals surface area contributed by atoms with Gasteiger partial charge in [0, 0.05) is 23.6 Å². The topological polar surface area (TPSA) is 49.1 Å². The molecule has 1 aliphatic rings. The Labute approximate surface area is 276 Å². The predicted octanol–water partition coefficient (Wildman–Crippen LogP) is 9.73. The standard InChI is InChI=1S/C44H37N3/c1-5-8-14-31(7-3)37-26-38(28-39(27-37)36(29-45)13-6-2)32-19-21-34(22-20-32)43-40-17-11-9-15-33(40)23-24-42(43)47-44-30(4)25-35-16-10-12-18-41(35)46-44/h5-23,25-29,45H,1-2,24H2,3-4H3/b14-8-,31-7+,36-13+,45-29?,47-42?. The third-order valence-electron chi connectivity index (χ3n) is 8.45. The van der Waals surface area contributed by atoms with E-state index in [1.807, 2.05) is 37.3 Å². The van der Waals surface area contributed by atoms with Crippen molar-refractivity contribution in [1.82, 2.24) is 4.98 Å². The highest BCUT2D eigenvalue weighted by molar-refractivity contribution is 6.26. The second-order valence-electron chi connectivity index (χ2n) is 11.5. The lowest BCUT2D eigenvalue weighted by molar-refractivity contribution is 1.26. The summed E-state index contributed by atoms with van der Waals surface area (Å²) in [5.74, 6) is 0.754. The molecule has 0 radical (unpaired) electrons. The molecule has 1 aromatic heterocycles. The van der Waals surface area contributed by atoms with Gasteiger partial charge in [-0.1, -0.05) is 122 Å². The van der Waals surface area contributed by atoms with Crippen LogP contribution in [0.4, 0.5) is 5.82 Å². The Morgan fingerprint density at radius 1 is 0.809 bits per heavy atom. The molecule has 0 aliphatic heterocycles. The number of aromatic nitrogens is 1. The molecule has 0 bridgehead atoms. The summed E-state index contributed by atoms with van der Waals surface area (Å²) >= 11 is 0. The zero-order chi connectivity index (χ0) is 32.8. The summed E-state index contributed by atoms with van der Waals surface area (Å²) in [5, 5.41) is 11.6. The van der Waals surface area contributed by atoms with Crippen LogP contribution in [0.15, 0.2) is 152 Å². The van der Waals surface area contributed by atoms with Gasteiger partial charge in [0.05, 0.1) is 11.2 Å². The third kappa shape index (κ3) is 6.56. The number of hydrogen-bond acceptors (Lipinski definition) is 3. The van der Waals surface area contributed by atoms with Gasteiger partial charge in [-0.15, -0.1) is 0 Å². The molecular formula is C44H37N3. The van der Waals surface area contributed by atoms with E-state index in [2.05, 4.69) is 117 Å². The van der Waals surface area contributed by atoms with Gasteiger partial charge in [-0.2, -0.15) is 0 Å². The first-order valence-electron chi connectivity index (χ1n) is 15.8. The van der Waals surface area contributed by atoms with Crippen LogP contribution in [0.2, 0.25) is 0 Å². The summed E-state index contributed by atoms with van der Waals surface area (Å²) < 4.78 is 0. The molecule has 1 heterocycles. The van der Waals surface area contributed by atoms with Crippen molar-refractivity contribution in [2.24, 2.45) is 4.99 Å². The van der Waals surface area contributed by atoms with Crippen LogP contribution in [0.3, 0.4) is 0 Å². The average Bonchev–Trinajstić information content (AvgIpc) is 3.11. The van der Waals surface area contributed by atoms with E-state index in [0.717, 1.165) is 79.0 Å². The van der Waals surface area contributed by atoms with Crippen LogP contribution in [-0.4, -0.2) is 16.9 Å². The van der Waals surface area contributed by atoms with Crippen molar-refractivity contribution in [3.8, 4) is 11.1 Å². The van der Waals surface area contributed by atoms with E-state index in [1.54, 1.807) is 12.2 Å². The van der Waals surface area contributed by atoms with E-state index in [1.165, 1.54) is 16.7 Å². The molecule has 0 fully saturated rings. The lowest BCUT2D eigenvalue weighted by atomic mass is 9.89. The van der Waals surface area contributed by atoms with Gasteiger partial charge in [-0.05, 0) is 99.1 Å². The number of allylic oxidation sites excluding steroid dienone is 8. The van der Waals surface area contributed by atoms with E-state index in [9.17, 15) is 0 Å². The van der Waals surface area contributed by atoms with E-state index in [0.29, 0.717) is 0 Å². The van der Waals surface area contributed by atoms with Gasteiger partial charge in [0.2, 0.25) is 0 Å². The Bertz CT molecular complexity index is 2280. The minimum Gasteiger partial charge on any atom is -0.308 e. The monoisotopic (exact) mass is 607 g/mol. The number of rotatable bonds is 9. The largest absolute Gasteiger partial charge is 0.308 e. The maximum atomic E-state index is 8.06. The van der Waals surface area contributed by atoms with Crippen molar-refractivity contribution >= 4 is 51.4 Å². The van der Waals surface area contributed by atoms with Gasteiger partial charge >= 0.3 is 0 Å². The van der Waals surface area contributed by atoms with Crippen molar-refractivity contribution in [2.75, 3.05) is 0 Å². The predicted molar refractivity (Wildman–Crippen MR) is 203 cm³/mol. The van der Waals surface area contributed by atoms with Crippen LogP contribution < -0.4 is 10.4 Å². The third-order valence-corrected chi connectivity index (χ3v) is 8.45. The second-order valence-corrected chi connectivity index (χ2v) is 11.5. The van der Waals surface area contributed by atoms with Crippen molar-refractivity contribution in [2.45, 2.75) is 20.3 Å². The fraction of sp³-hybridized carbons (Fsp3) is 0.0682. The summed E-state index contributed by atoms with van der Waals surface area (Å²) in [5.41, 5.74) is 11.3. The Hall–Kier alpha value is -5.93. The molecule has 0 saturated heterocycles. The number of nitrogens with one attached hydrogen (secondary N) is 1. The minimum atomic E-state index is 0.722. The molecule has 0 amide bonds. The Kier molecular flexibility index (Phi) is 9.26. The summed E-state index contributed by atoms with van der Waals surface area (Å²) in [4.78, 5) is 10.2. The quantitative estimate of drug-likeness (QED) is 0.132. The molecule has 4 aromatic carbocycles. The minimum absolute atomic E-state index is 0.722. The molecule has 3 heteroatoms. The number of benzene rings is 4. The average molecular weight is 608 g/mol. The first-order chi connectivity index (χ1) is 23.0. The molecule has 1 N–H and O–H groups in total. The van der Waals surface area contributed by atoms with Gasteiger partial charge in [0.1, 0.15) is 0 Å². The summed E-state index contributed by atoms with van der Waals surface area (Å²) in [6.45, 7) is 11.8. The Morgan fingerprint density at radius 2 is 1.53 bits per heavy atom. The second kappa shape index (κ2) is 14.0. The van der Waals surface area contributed by atoms with E-state index in [-0.39, 0.29) is 0 Å². The first-order valence-corrected chi connectivity index (χ1v) is 15.8. The van der Waals surface area contributed by atoms with Crippen LogP contribution in [0, 0.1) is 12.3 Å². The van der Waals surface area contributed by atoms with Gasteiger partial charge in [-0.25, -0.2) is 9.98 Å². The summed E-state index contributed by atoms with van der Waals surface area (Å²) in [6, 6.07) is 34.1. The number of hydrogen-bond donors (Lipinski definition) is 1. The van der Waals surface area contributed by atoms with Gasteiger partial charge in [-0.3, -0.25) is 0 Å². The molecule has 1 aliphatic carbocycles. The van der Waals surface area contributed by atoms with Crippen molar-refractivity contribution in [3.05, 3.63) is 179 Å². The zero-order valence-electron chi connectivity index (χ0n) is 26.9. The molecule has 0 atom stereocenters. The molecule has 0 unspecified atom stereocenters. The van der Waals surface area contributed by atoms with Crippen molar-refractivity contribution in [1.29, 1.82) is 5.41 Å². The number of para-hydroxylation sites is 1. The maximum absolute atomic E-state index is 8.06. The van der Waals surface area contributed by atoms with Gasteiger partial charge < -0.3 is 5.41 Å². The lowest BCUT2D eigenvalue weighted by Crippen LogP contribution is -2.33. The number of aryl methyl sites for hydroxylation is 1. The summed E-state index contributed by atoms with van der Waals surface area (Å²) in [7, 11) is 0. The van der Waals surface area contributed by atoms with Crippen LogP contribution in [0.25, 0.3) is 44.8 Å². The number of pyridine rings is 1. The highest BCUT2D eigenvalue weighted by atomic mass is 14.9. The number of fused-ring (bicyclic) bond motifs is 2. The highest BCUT2D eigenvalue weighted by Gasteiger charge is 2.17. The molecule has 5 aromatic rings. The van der Waals surface area contributed by atoms with E-state index >= 15 is 0 Å². The first kappa shape index (κ1) is 31.1. The van der Waals surface area contributed by atoms with E-state index < -0.39 is 0 Å². The number of nitrogens with zero attached hydrogens (tertiary/aromatic N) is 2. The summed E-state index contributed by atoms with van der Waals surface area (Å²) in [6.07, 6.45) is 15.8. The molecule has 0 spiro atoms. The smallest absolute Gasteiger partial charge is 0.155 e. The lowest BCUT2D eigenvalue weighted by Gasteiger charge is -2.17. The SMILES string of the molecule is C=C/C=C\C(=C/C)c1cc(/C(C=N)=C/C=C)cc(-c2ccc(C3=c4ccccc4=CCC3=Nc3nc4ccccc4cc3C)cc2)c1. The molecule has 6 rings (SSSR count). The van der Waals surface area contributed by atoms with Crippen LogP contribution in [0.1, 0.15) is 35.6 Å². The van der Waals surface area contributed by atoms with Gasteiger partial charge in [0.15, 0.2) is 5.82 Å². The maximum Gasteiger partial charge on any atom is 0.155 e. The molecular weight excluding hydrogens is 571 g/mol. The Balaban J connectivity index is 1.48. The van der Waals surface area contributed by atoms with Crippen molar-refractivity contribution in [3.63, 3.8) is 0 Å². The highest BCUT2D eigenvalue weighted by Crippen LogP contribution is 2.31. The molecule has 3 nitrogen and oxygen atoms in total.